The SMILES string of the molecule is CC(=O)C(C(C)=O)c1ccc(OCc2ccccc2)cc1. The first-order valence-corrected chi connectivity index (χ1v) is 6.85. The number of ketones is 2. The number of rotatable bonds is 6. The van der Waals surface area contributed by atoms with Crippen molar-refractivity contribution in [3.05, 3.63) is 65.7 Å². The van der Waals surface area contributed by atoms with Gasteiger partial charge < -0.3 is 4.74 Å². The largest absolute Gasteiger partial charge is 0.489 e. The Balaban J connectivity index is 2.05. The molecule has 0 saturated heterocycles. The summed E-state index contributed by atoms with van der Waals surface area (Å²) >= 11 is 0. The van der Waals surface area contributed by atoms with Gasteiger partial charge in [0.25, 0.3) is 0 Å². The monoisotopic (exact) mass is 282 g/mol. The molecule has 0 aliphatic carbocycles. The van der Waals surface area contributed by atoms with E-state index in [1.165, 1.54) is 13.8 Å². The molecule has 0 amide bonds. The highest BCUT2D eigenvalue weighted by Gasteiger charge is 2.21. The van der Waals surface area contributed by atoms with Crippen LogP contribution in [0.3, 0.4) is 0 Å². The lowest BCUT2D eigenvalue weighted by molar-refractivity contribution is -0.126. The fourth-order valence-electron chi connectivity index (χ4n) is 2.25. The molecule has 0 heterocycles. The van der Waals surface area contributed by atoms with Crippen LogP contribution in [0.4, 0.5) is 0 Å². The Morgan fingerprint density at radius 1 is 0.905 bits per heavy atom. The van der Waals surface area contributed by atoms with E-state index in [2.05, 4.69) is 0 Å². The van der Waals surface area contributed by atoms with Gasteiger partial charge >= 0.3 is 0 Å². The molecule has 0 N–H and O–H groups in total. The van der Waals surface area contributed by atoms with Crippen molar-refractivity contribution in [3.63, 3.8) is 0 Å². The van der Waals surface area contributed by atoms with Gasteiger partial charge in [0.05, 0.1) is 0 Å². The summed E-state index contributed by atoms with van der Waals surface area (Å²) in [5.41, 5.74) is 1.80. The van der Waals surface area contributed by atoms with Crippen molar-refractivity contribution in [2.75, 3.05) is 0 Å². The van der Waals surface area contributed by atoms with Crippen LogP contribution < -0.4 is 4.74 Å². The molecule has 0 bridgehead atoms. The summed E-state index contributed by atoms with van der Waals surface area (Å²) in [5.74, 6) is -0.234. The molecule has 0 saturated carbocycles. The number of benzene rings is 2. The van der Waals surface area contributed by atoms with E-state index in [0.29, 0.717) is 17.9 Å². The zero-order chi connectivity index (χ0) is 15.2. The Labute approximate surface area is 124 Å². The van der Waals surface area contributed by atoms with Gasteiger partial charge in [0.1, 0.15) is 29.8 Å². The molecule has 0 radical (unpaired) electrons. The molecule has 0 aromatic heterocycles. The van der Waals surface area contributed by atoms with Gasteiger partial charge in [-0.25, -0.2) is 0 Å². The lowest BCUT2D eigenvalue weighted by atomic mass is 9.92. The first-order valence-electron chi connectivity index (χ1n) is 6.85. The van der Waals surface area contributed by atoms with E-state index in [1.54, 1.807) is 24.3 Å². The summed E-state index contributed by atoms with van der Waals surface area (Å²) < 4.78 is 5.68. The lowest BCUT2D eigenvalue weighted by Gasteiger charge is -2.12. The van der Waals surface area contributed by atoms with Gasteiger partial charge in [-0.15, -0.1) is 0 Å². The third-order valence-electron chi connectivity index (χ3n) is 3.27. The van der Waals surface area contributed by atoms with Gasteiger partial charge in [-0.1, -0.05) is 42.5 Å². The molecule has 0 atom stereocenters. The zero-order valence-corrected chi connectivity index (χ0v) is 12.2. The Morgan fingerprint density at radius 2 is 1.48 bits per heavy atom. The third-order valence-corrected chi connectivity index (χ3v) is 3.27. The van der Waals surface area contributed by atoms with Gasteiger partial charge in [-0.05, 0) is 37.1 Å². The molecule has 0 unspecified atom stereocenters. The van der Waals surface area contributed by atoms with Crippen LogP contribution in [0.15, 0.2) is 54.6 Å². The van der Waals surface area contributed by atoms with Crippen molar-refractivity contribution < 1.29 is 14.3 Å². The summed E-state index contributed by atoms with van der Waals surface area (Å²) in [7, 11) is 0. The minimum atomic E-state index is -0.673. The van der Waals surface area contributed by atoms with Gasteiger partial charge in [-0.2, -0.15) is 0 Å². The van der Waals surface area contributed by atoms with Crippen LogP contribution in [0.1, 0.15) is 30.9 Å². The summed E-state index contributed by atoms with van der Waals surface area (Å²) in [6.07, 6.45) is 0. The van der Waals surface area contributed by atoms with E-state index in [-0.39, 0.29) is 11.6 Å². The first-order chi connectivity index (χ1) is 10.1. The molecule has 2 aromatic rings. The third kappa shape index (κ3) is 4.02. The smallest absolute Gasteiger partial charge is 0.144 e. The van der Waals surface area contributed by atoms with E-state index in [9.17, 15) is 9.59 Å². The maximum absolute atomic E-state index is 11.5. The van der Waals surface area contributed by atoms with Crippen molar-refractivity contribution in [3.8, 4) is 5.75 Å². The Kier molecular flexibility index (Phi) is 4.88. The van der Waals surface area contributed by atoms with E-state index >= 15 is 0 Å². The molecule has 0 spiro atoms. The summed E-state index contributed by atoms with van der Waals surface area (Å²) in [5, 5.41) is 0. The van der Waals surface area contributed by atoms with Gasteiger partial charge in [0.2, 0.25) is 0 Å². The Morgan fingerprint density at radius 3 is 2.00 bits per heavy atom. The number of hydrogen-bond donors (Lipinski definition) is 0. The quantitative estimate of drug-likeness (QED) is 0.761. The summed E-state index contributed by atoms with van der Waals surface area (Å²) in [4.78, 5) is 23.1. The van der Waals surface area contributed by atoms with Crippen LogP contribution in [0.5, 0.6) is 5.75 Å². The Bertz CT molecular complexity index is 601. The maximum Gasteiger partial charge on any atom is 0.144 e. The number of ether oxygens (including phenoxy) is 1. The predicted molar refractivity (Wildman–Crippen MR) is 81.3 cm³/mol. The summed E-state index contributed by atoms with van der Waals surface area (Å²) in [6.45, 7) is 3.36. The van der Waals surface area contributed by atoms with Gasteiger partial charge in [0, 0.05) is 0 Å². The fourth-order valence-corrected chi connectivity index (χ4v) is 2.25. The maximum atomic E-state index is 11.5. The van der Waals surface area contributed by atoms with E-state index < -0.39 is 5.92 Å². The molecule has 108 valence electrons. The molecular formula is C18H18O3. The number of Topliss-reactive ketones (excluding diaryl/α,β-unsaturated/α-hetero) is 2. The molecule has 0 fully saturated rings. The van der Waals surface area contributed by atoms with Gasteiger partial charge in [-0.3, -0.25) is 9.59 Å². The van der Waals surface area contributed by atoms with Crippen LogP contribution >= 0.6 is 0 Å². The van der Waals surface area contributed by atoms with E-state index in [0.717, 1.165) is 5.56 Å². The standard InChI is InChI=1S/C18H18O3/c1-13(19)18(14(2)20)16-8-10-17(11-9-16)21-12-15-6-4-3-5-7-15/h3-11,18H,12H2,1-2H3. The van der Waals surface area contributed by atoms with Crippen LogP contribution in [0.2, 0.25) is 0 Å². The minimum Gasteiger partial charge on any atom is -0.489 e. The number of carbonyl (C=O) groups is 2. The van der Waals surface area contributed by atoms with Crippen LogP contribution in [0.25, 0.3) is 0 Å². The molecule has 0 aliphatic rings. The second-order valence-electron chi connectivity index (χ2n) is 5.00. The van der Waals surface area contributed by atoms with Crippen molar-refractivity contribution >= 4 is 11.6 Å². The first kappa shape index (κ1) is 15.0. The molecule has 2 aromatic carbocycles. The molecule has 2 rings (SSSR count). The highest BCUT2D eigenvalue weighted by molar-refractivity contribution is 6.05. The molecule has 21 heavy (non-hydrogen) atoms. The average molecular weight is 282 g/mol. The highest BCUT2D eigenvalue weighted by Crippen LogP contribution is 2.22. The van der Waals surface area contributed by atoms with Gasteiger partial charge in [0.15, 0.2) is 0 Å². The molecule has 0 aliphatic heterocycles. The second kappa shape index (κ2) is 6.84. The number of hydrogen-bond acceptors (Lipinski definition) is 3. The average Bonchev–Trinajstić information content (AvgIpc) is 2.47. The fraction of sp³-hybridized carbons (Fsp3) is 0.222. The molecule has 3 heteroatoms. The van der Waals surface area contributed by atoms with E-state index in [1.807, 2.05) is 30.3 Å². The van der Waals surface area contributed by atoms with Crippen LogP contribution in [0, 0.1) is 0 Å². The van der Waals surface area contributed by atoms with Crippen molar-refractivity contribution in [1.82, 2.24) is 0 Å². The van der Waals surface area contributed by atoms with Crippen molar-refractivity contribution in [2.24, 2.45) is 0 Å². The second-order valence-corrected chi connectivity index (χ2v) is 5.00. The summed E-state index contributed by atoms with van der Waals surface area (Å²) in [6, 6.07) is 17.0. The zero-order valence-electron chi connectivity index (χ0n) is 12.2. The topological polar surface area (TPSA) is 43.4 Å². The minimum absolute atomic E-state index is 0.138. The molecular weight excluding hydrogens is 264 g/mol. The normalized spacial score (nSPS) is 10.4. The van der Waals surface area contributed by atoms with Crippen molar-refractivity contribution in [1.29, 1.82) is 0 Å². The van der Waals surface area contributed by atoms with E-state index in [4.69, 9.17) is 4.74 Å². The highest BCUT2D eigenvalue weighted by atomic mass is 16.5. The number of carbonyl (C=O) groups excluding carboxylic acids is 2. The molecule has 3 nitrogen and oxygen atoms in total. The predicted octanol–water partition coefficient (Wildman–Crippen LogP) is 3.53. The van der Waals surface area contributed by atoms with Crippen molar-refractivity contribution in [2.45, 2.75) is 26.4 Å². The Hall–Kier alpha value is -2.42. The lowest BCUT2D eigenvalue weighted by Crippen LogP contribution is -2.16. The van der Waals surface area contributed by atoms with Crippen LogP contribution in [-0.2, 0) is 16.2 Å². The van der Waals surface area contributed by atoms with Crippen LogP contribution in [-0.4, -0.2) is 11.6 Å².